The number of aromatic nitrogens is 1. The highest BCUT2D eigenvalue weighted by atomic mass is 15.0. The van der Waals surface area contributed by atoms with E-state index in [-0.39, 0.29) is 0 Å². The third-order valence-corrected chi connectivity index (χ3v) is 4.64. The topological polar surface area (TPSA) is 30.9 Å². The molecule has 1 aromatic heterocycles. The maximum Gasteiger partial charge on any atom is 0.0515 e. The molecule has 1 aliphatic carbocycles. The molecular weight excluding hydrogens is 208 g/mol. The highest BCUT2D eigenvalue weighted by Crippen LogP contribution is 2.50. The van der Waals surface area contributed by atoms with Crippen LogP contribution in [0, 0.1) is 0 Å². The summed E-state index contributed by atoms with van der Waals surface area (Å²) in [4.78, 5) is 0. The van der Waals surface area contributed by atoms with Gasteiger partial charge in [-0.25, -0.2) is 0 Å². The molecule has 0 saturated heterocycles. The molecule has 88 valence electrons. The Hall–Kier alpha value is -1.28. The van der Waals surface area contributed by atoms with Gasteiger partial charge < -0.3 is 10.3 Å². The van der Waals surface area contributed by atoms with Crippen molar-refractivity contribution in [3.05, 3.63) is 35.5 Å². The summed E-state index contributed by atoms with van der Waals surface area (Å²) in [6.07, 6.45) is 7.43. The van der Waals surface area contributed by atoms with Crippen molar-refractivity contribution in [3.8, 4) is 0 Å². The van der Waals surface area contributed by atoms with E-state index in [0.29, 0.717) is 5.41 Å². The molecule has 1 aliphatic heterocycles. The van der Waals surface area contributed by atoms with Crippen molar-refractivity contribution in [1.29, 1.82) is 0 Å². The quantitative estimate of drug-likeness (QED) is 0.838. The molecule has 0 radical (unpaired) electrons. The molecule has 0 amide bonds. The lowest BCUT2D eigenvalue weighted by Crippen LogP contribution is -2.19. The van der Waals surface area contributed by atoms with E-state index in [1.165, 1.54) is 54.3 Å². The van der Waals surface area contributed by atoms with E-state index >= 15 is 0 Å². The smallest absolute Gasteiger partial charge is 0.0515 e. The van der Waals surface area contributed by atoms with Crippen molar-refractivity contribution in [2.24, 2.45) is 5.73 Å². The molecule has 0 bridgehead atoms. The van der Waals surface area contributed by atoms with Crippen LogP contribution in [0.2, 0.25) is 0 Å². The fourth-order valence-corrected chi connectivity index (χ4v) is 3.41. The van der Waals surface area contributed by atoms with Crippen LogP contribution >= 0.6 is 0 Å². The van der Waals surface area contributed by atoms with Gasteiger partial charge >= 0.3 is 0 Å². The average Bonchev–Trinajstić information content (AvgIpc) is 3.09. The van der Waals surface area contributed by atoms with Crippen LogP contribution in [0.3, 0.4) is 0 Å². The average molecular weight is 226 g/mol. The van der Waals surface area contributed by atoms with Gasteiger partial charge in [-0.05, 0) is 36.8 Å². The summed E-state index contributed by atoms with van der Waals surface area (Å²) in [5.41, 5.74) is 10.8. The van der Waals surface area contributed by atoms with Gasteiger partial charge in [0.1, 0.15) is 0 Å². The first kappa shape index (κ1) is 9.72. The third kappa shape index (κ3) is 1.19. The van der Waals surface area contributed by atoms with Gasteiger partial charge in [0.05, 0.1) is 5.52 Å². The molecule has 4 rings (SSSR count). The second-order valence-corrected chi connectivity index (χ2v) is 5.64. The van der Waals surface area contributed by atoms with Gasteiger partial charge in [0.15, 0.2) is 0 Å². The van der Waals surface area contributed by atoms with Crippen molar-refractivity contribution >= 4 is 10.9 Å². The Bertz CT molecular complexity index is 590. The number of rotatable bonds is 2. The molecule has 1 fully saturated rings. The fourth-order valence-electron chi connectivity index (χ4n) is 3.41. The highest BCUT2D eigenvalue weighted by Gasteiger charge is 2.44. The van der Waals surface area contributed by atoms with Crippen LogP contribution in [-0.2, 0) is 18.4 Å². The first-order valence-electron chi connectivity index (χ1n) is 6.65. The Kier molecular flexibility index (Phi) is 1.79. The Balaban J connectivity index is 2.04. The zero-order chi connectivity index (χ0) is 11.5. The molecule has 2 heteroatoms. The lowest BCUT2D eigenvalue weighted by Gasteiger charge is -2.14. The molecule has 1 aromatic carbocycles. The van der Waals surface area contributed by atoms with Gasteiger partial charge in [-0.15, -0.1) is 0 Å². The van der Waals surface area contributed by atoms with E-state index in [2.05, 4.69) is 29.0 Å². The van der Waals surface area contributed by atoms with Gasteiger partial charge in [-0.3, -0.25) is 0 Å². The predicted molar refractivity (Wildman–Crippen MR) is 70.2 cm³/mol. The molecule has 0 atom stereocenters. The molecule has 0 spiro atoms. The minimum atomic E-state index is 0.312. The predicted octanol–water partition coefficient (Wildman–Crippen LogP) is 2.58. The van der Waals surface area contributed by atoms with E-state index in [1.54, 1.807) is 0 Å². The normalized spacial score (nSPS) is 20.8. The number of hydrogen-bond acceptors (Lipinski definition) is 1. The zero-order valence-electron chi connectivity index (χ0n) is 10.1. The van der Waals surface area contributed by atoms with Crippen LogP contribution in [0.5, 0.6) is 0 Å². The number of nitrogens with two attached hydrogens (primary N) is 1. The Morgan fingerprint density at radius 2 is 2.18 bits per heavy atom. The van der Waals surface area contributed by atoms with E-state index in [0.717, 1.165) is 6.54 Å². The molecule has 1 saturated carbocycles. The molecule has 2 aliphatic rings. The minimum Gasteiger partial charge on any atom is -0.347 e. The van der Waals surface area contributed by atoms with Crippen LogP contribution in [0.15, 0.2) is 24.4 Å². The second kappa shape index (κ2) is 3.14. The monoisotopic (exact) mass is 226 g/mol. The van der Waals surface area contributed by atoms with Crippen LogP contribution < -0.4 is 5.73 Å². The summed E-state index contributed by atoms with van der Waals surface area (Å²) in [5, 5.41) is 1.46. The van der Waals surface area contributed by atoms with E-state index in [4.69, 9.17) is 5.73 Å². The third-order valence-electron chi connectivity index (χ3n) is 4.64. The molecule has 2 nitrogen and oxygen atoms in total. The fraction of sp³-hybridized carbons (Fsp3) is 0.467. The maximum atomic E-state index is 5.99. The standard InChI is InChI=1S/C15H18N2/c16-10-15(6-7-15)13-9-17-8-2-4-11-3-1-5-12(13)14(11)17/h1,3,5,9H,2,4,6-8,10,16H2. The first-order chi connectivity index (χ1) is 8.34. The number of para-hydroxylation sites is 1. The summed E-state index contributed by atoms with van der Waals surface area (Å²) in [7, 11) is 0. The summed E-state index contributed by atoms with van der Waals surface area (Å²) in [5.74, 6) is 0. The first-order valence-corrected chi connectivity index (χ1v) is 6.65. The minimum absolute atomic E-state index is 0.312. The lowest BCUT2D eigenvalue weighted by atomic mass is 9.94. The van der Waals surface area contributed by atoms with Crippen LogP contribution in [0.1, 0.15) is 30.4 Å². The van der Waals surface area contributed by atoms with Gasteiger partial charge in [-0.2, -0.15) is 0 Å². The van der Waals surface area contributed by atoms with E-state index < -0.39 is 0 Å². The van der Waals surface area contributed by atoms with Gasteiger partial charge in [-0.1, -0.05) is 18.2 Å². The van der Waals surface area contributed by atoms with Crippen LogP contribution in [0.25, 0.3) is 10.9 Å². The number of hydrogen-bond donors (Lipinski definition) is 1. The van der Waals surface area contributed by atoms with Crippen LogP contribution in [0.4, 0.5) is 0 Å². The largest absolute Gasteiger partial charge is 0.347 e. The van der Waals surface area contributed by atoms with Gasteiger partial charge in [0.25, 0.3) is 0 Å². The number of aryl methyl sites for hydroxylation is 2. The zero-order valence-corrected chi connectivity index (χ0v) is 10.1. The Morgan fingerprint density at radius 1 is 1.29 bits per heavy atom. The Labute approximate surface area is 101 Å². The maximum absolute atomic E-state index is 5.99. The van der Waals surface area contributed by atoms with E-state index in [1.807, 2.05) is 0 Å². The summed E-state index contributed by atoms with van der Waals surface area (Å²) in [6, 6.07) is 6.78. The molecule has 0 unspecified atom stereocenters. The highest BCUT2D eigenvalue weighted by molar-refractivity contribution is 5.88. The molecule has 17 heavy (non-hydrogen) atoms. The van der Waals surface area contributed by atoms with E-state index in [9.17, 15) is 0 Å². The molecule has 2 heterocycles. The summed E-state index contributed by atoms with van der Waals surface area (Å²) >= 11 is 0. The second-order valence-electron chi connectivity index (χ2n) is 5.64. The summed E-state index contributed by atoms with van der Waals surface area (Å²) in [6.45, 7) is 1.98. The van der Waals surface area contributed by atoms with Gasteiger partial charge in [0, 0.05) is 30.1 Å². The van der Waals surface area contributed by atoms with Gasteiger partial charge in [0.2, 0.25) is 0 Å². The van der Waals surface area contributed by atoms with Crippen molar-refractivity contribution in [3.63, 3.8) is 0 Å². The molecular formula is C15H18N2. The molecule has 2 N–H and O–H groups in total. The van der Waals surface area contributed by atoms with Crippen molar-refractivity contribution in [2.75, 3.05) is 6.54 Å². The number of nitrogens with zero attached hydrogens (tertiary/aromatic N) is 1. The molecule has 2 aromatic rings. The summed E-state index contributed by atoms with van der Waals surface area (Å²) < 4.78 is 2.46. The van der Waals surface area contributed by atoms with Crippen molar-refractivity contribution in [1.82, 2.24) is 4.57 Å². The Morgan fingerprint density at radius 3 is 2.94 bits per heavy atom. The number of benzene rings is 1. The SMILES string of the molecule is NCC1(c2cn3c4c(cccc24)CCC3)CC1. The van der Waals surface area contributed by atoms with Crippen molar-refractivity contribution in [2.45, 2.75) is 37.6 Å². The van der Waals surface area contributed by atoms with Crippen LogP contribution in [-0.4, -0.2) is 11.1 Å². The lowest BCUT2D eigenvalue weighted by molar-refractivity contribution is 0.628. The van der Waals surface area contributed by atoms with Crippen molar-refractivity contribution < 1.29 is 0 Å².